The third kappa shape index (κ3) is 4.76. The predicted octanol–water partition coefficient (Wildman–Crippen LogP) is 1.92. The fourth-order valence-electron chi connectivity index (χ4n) is 2.29. The van der Waals surface area contributed by atoms with Gasteiger partial charge in [0.25, 0.3) is 11.6 Å². The number of carbonyl (C=O) groups excluding carboxylic acids is 1. The fourth-order valence-corrected chi connectivity index (χ4v) is 2.47. The zero-order chi connectivity index (χ0) is 20.8. The monoisotopic (exact) mass is 410 g/mol. The van der Waals surface area contributed by atoms with Gasteiger partial charge in [-0.2, -0.15) is 15.2 Å². The zero-order valence-electron chi connectivity index (χ0n) is 14.6. The number of aromatic nitrogens is 4. The third-order valence-electron chi connectivity index (χ3n) is 3.60. The molecular formula is C17H11ClN8O3. The number of carbonyl (C=O) groups is 1. The lowest BCUT2D eigenvalue weighted by atomic mass is 10.1. The number of hydrazone groups is 1. The molecule has 1 aromatic heterocycles. The van der Waals surface area contributed by atoms with Crippen molar-refractivity contribution in [1.29, 1.82) is 5.26 Å². The normalized spacial score (nSPS) is 10.6. The van der Waals surface area contributed by atoms with Crippen molar-refractivity contribution in [2.24, 2.45) is 5.10 Å². The molecule has 0 radical (unpaired) electrons. The number of tetrazole rings is 1. The first-order valence-electron chi connectivity index (χ1n) is 8.01. The average Bonchev–Trinajstić information content (AvgIpc) is 3.17. The molecule has 0 unspecified atom stereocenters. The van der Waals surface area contributed by atoms with E-state index in [-0.39, 0.29) is 23.1 Å². The Bertz CT molecular complexity index is 1150. The molecule has 11 nitrogen and oxygen atoms in total. The molecule has 2 aromatic carbocycles. The lowest BCUT2D eigenvalue weighted by molar-refractivity contribution is -0.384. The Morgan fingerprint density at radius 1 is 1.38 bits per heavy atom. The van der Waals surface area contributed by atoms with Crippen LogP contribution in [0.4, 0.5) is 5.69 Å². The highest BCUT2D eigenvalue weighted by Crippen LogP contribution is 2.24. The number of nitriles is 1. The van der Waals surface area contributed by atoms with Gasteiger partial charge in [-0.3, -0.25) is 14.9 Å². The molecule has 0 aliphatic rings. The van der Waals surface area contributed by atoms with Crippen molar-refractivity contribution in [1.82, 2.24) is 25.6 Å². The van der Waals surface area contributed by atoms with Crippen LogP contribution < -0.4 is 5.43 Å². The van der Waals surface area contributed by atoms with Crippen molar-refractivity contribution in [2.45, 2.75) is 6.54 Å². The second-order valence-electron chi connectivity index (χ2n) is 5.56. The molecule has 144 valence electrons. The van der Waals surface area contributed by atoms with Crippen LogP contribution in [0.5, 0.6) is 0 Å². The molecule has 0 atom stereocenters. The molecule has 1 N–H and O–H groups in total. The van der Waals surface area contributed by atoms with Gasteiger partial charge in [-0.15, -0.1) is 10.2 Å². The van der Waals surface area contributed by atoms with Gasteiger partial charge in [-0.05, 0) is 23.4 Å². The molecule has 3 aromatic rings. The maximum absolute atomic E-state index is 12.0. The summed E-state index contributed by atoms with van der Waals surface area (Å²) in [6, 6.07) is 12.9. The van der Waals surface area contributed by atoms with Crippen molar-refractivity contribution >= 4 is 29.4 Å². The van der Waals surface area contributed by atoms with Crippen molar-refractivity contribution in [3.8, 4) is 17.5 Å². The van der Waals surface area contributed by atoms with Crippen LogP contribution in [0.25, 0.3) is 11.4 Å². The number of nitrogens with one attached hydrogen (secondary N) is 1. The van der Waals surface area contributed by atoms with Crippen molar-refractivity contribution in [2.75, 3.05) is 0 Å². The summed E-state index contributed by atoms with van der Waals surface area (Å²) in [5.74, 6) is -0.325. The minimum atomic E-state index is -0.614. The summed E-state index contributed by atoms with van der Waals surface area (Å²) in [5.41, 5.74) is 3.27. The number of hydrogen-bond donors (Lipinski definition) is 1. The summed E-state index contributed by atoms with van der Waals surface area (Å²) in [7, 11) is 0. The maximum atomic E-state index is 12.0. The number of nitrogens with zero attached hydrogens (tertiary/aromatic N) is 7. The van der Waals surface area contributed by atoms with Gasteiger partial charge in [0.1, 0.15) is 11.6 Å². The molecule has 0 spiro atoms. The van der Waals surface area contributed by atoms with Gasteiger partial charge < -0.3 is 0 Å². The van der Waals surface area contributed by atoms with Crippen LogP contribution in [0.2, 0.25) is 5.02 Å². The Morgan fingerprint density at radius 2 is 2.17 bits per heavy atom. The quantitative estimate of drug-likeness (QED) is 0.370. The number of hydrogen-bond acceptors (Lipinski definition) is 8. The summed E-state index contributed by atoms with van der Waals surface area (Å²) < 4.78 is 0. The fraction of sp³-hybridized carbons (Fsp3) is 0.0588. The van der Waals surface area contributed by atoms with Gasteiger partial charge in [0.15, 0.2) is 0 Å². The highest BCUT2D eigenvalue weighted by atomic mass is 35.5. The minimum absolute atomic E-state index is 0.00205. The number of nitro benzene ring substituents is 1. The Kier molecular flexibility index (Phi) is 5.86. The third-order valence-corrected chi connectivity index (χ3v) is 3.92. The van der Waals surface area contributed by atoms with Crippen molar-refractivity contribution < 1.29 is 9.72 Å². The summed E-state index contributed by atoms with van der Waals surface area (Å²) in [4.78, 5) is 23.3. The first kappa shape index (κ1) is 19.6. The molecule has 29 heavy (non-hydrogen) atoms. The number of halogens is 1. The van der Waals surface area contributed by atoms with Gasteiger partial charge in [-0.25, -0.2) is 5.43 Å². The molecule has 0 saturated heterocycles. The smallest absolute Gasteiger partial charge is 0.271 e. The second kappa shape index (κ2) is 8.68. The topological polar surface area (TPSA) is 152 Å². The summed E-state index contributed by atoms with van der Waals surface area (Å²) in [5, 5.41) is 35.4. The number of amides is 1. The van der Waals surface area contributed by atoms with Crippen LogP contribution in [0.15, 0.2) is 47.6 Å². The van der Waals surface area contributed by atoms with E-state index in [1.807, 2.05) is 6.07 Å². The van der Waals surface area contributed by atoms with Crippen molar-refractivity contribution in [3.63, 3.8) is 0 Å². The SMILES string of the molecule is N#Cc1ccccc1-c1nnn(CC(=O)N/N=C\c2ccc(Cl)c([N+](=O)[O-])c2)n1. The standard InChI is InChI=1S/C17H11ClN8O3/c18-14-6-5-11(7-15(14)26(28)29)9-20-21-16(27)10-25-23-17(22-24-25)13-4-2-1-3-12(13)8-19/h1-7,9H,10H2,(H,21,27)/b20-9-. The van der Waals surface area contributed by atoms with E-state index >= 15 is 0 Å². The average molecular weight is 411 g/mol. The van der Waals surface area contributed by atoms with Gasteiger partial charge >= 0.3 is 0 Å². The molecule has 1 amide bonds. The zero-order valence-corrected chi connectivity index (χ0v) is 15.3. The Hall–Kier alpha value is -4.17. The number of nitro groups is 1. The van der Waals surface area contributed by atoms with Crippen LogP contribution in [0, 0.1) is 21.4 Å². The molecule has 1 heterocycles. The second-order valence-corrected chi connectivity index (χ2v) is 5.97. The highest BCUT2D eigenvalue weighted by Gasteiger charge is 2.13. The lowest BCUT2D eigenvalue weighted by Gasteiger charge is -1.99. The van der Waals surface area contributed by atoms with E-state index in [1.54, 1.807) is 24.3 Å². The largest absolute Gasteiger partial charge is 0.288 e. The molecule has 0 bridgehead atoms. The molecule has 0 saturated carbocycles. The van der Waals surface area contributed by atoms with E-state index in [0.717, 1.165) is 4.80 Å². The molecule has 3 rings (SSSR count). The lowest BCUT2D eigenvalue weighted by Crippen LogP contribution is -2.24. The summed E-state index contributed by atoms with van der Waals surface area (Å²) in [6.07, 6.45) is 1.24. The first-order valence-corrected chi connectivity index (χ1v) is 8.39. The molecule has 0 aliphatic heterocycles. The van der Waals surface area contributed by atoms with Crippen LogP contribution in [0.1, 0.15) is 11.1 Å². The van der Waals surface area contributed by atoms with E-state index in [0.29, 0.717) is 16.7 Å². The summed E-state index contributed by atoms with van der Waals surface area (Å²) in [6.45, 7) is -0.264. The molecule has 0 fully saturated rings. The Balaban J connectivity index is 1.63. The minimum Gasteiger partial charge on any atom is -0.271 e. The van der Waals surface area contributed by atoms with Crippen LogP contribution in [-0.2, 0) is 11.3 Å². The van der Waals surface area contributed by atoms with Crippen molar-refractivity contribution in [3.05, 3.63) is 68.7 Å². The number of rotatable bonds is 6. The molecule has 0 aliphatic carbocycles. The predicted molar refractivity (Wildman–Crippen MR) is 102 cm³/mol. The Morgan fingerprint density at radius 3 is 2.93 bits per heavy atom. The number of benzene rings is 2. The van der Waals surface area contributed by atoms with E-state index in [9.17, 15) is 14.9 Å². The van der Waals surface area contributed by atoms with E-state index in [1.165, 1.54) is 24.4 Å². The van der Waals surface area contributed by atoms with Gasteiger partial charge in [-0.1, -0.05) is 29.8 Å². The van der Waals surface area contributed by atoms with E-state index < -0.39 is 10.8 Å². The Labute approximate surface area is 168 Å². The van der Waals surface area contributed by atoms with Crippen LogP contribution in [-0.4, -0.2) is 37.3 Å². The molecular weight excluding hydrogens is 400 g/mol. The molecule has 12 heteroatoms. The van der Waals surface area contributed by atoms with Gasteiger partial charge in [0.05, 0.1) is 22.8 Å². The highest BCUT2D eigenvalue weighted by molar-refractivity contribution is 6.32. The first-order chi connectivity index (χ1) is 14.0. The maximum Gasteiger partial charge on any atom is 0.288 e. The van der Waals surface area contributed by atoms with E-state index in [2.05, 4.69) is 25.9 Å². The van der Waals surface area contributed by atoms with Crippen LogP contribution >= 0.6 is 11.6 Å². The summed E-state index contributed by atoms with van der Waals surface area (Å²) >= 11 is 5.73. The van der Waals surface area contributed by atoms with E-state index in [4.69, 9.17) is 16.9 Å². The van der Waals surface area contributed by atoms with Gasteiger partial charge in [0.2, 0.25) is 5.82 Å². The van der Waals surface area contributed by atoms with Gasteiger partial charge in [0, 0.05) is 17.2 Å². The van der Waals surface area contributed by atoms with Crippen LogP contribution in [0.3, 0.4) is 0 Å².